The molecule has 2 aromatic carbocycles. The smallest absolute Gasteiger partial charge is 0.239 e. The Kier molecular flexibility index (Phi) is 5.74. The first kappa shape index (κ1) is 18.7. The van der Waals surface area contributed by atoms with Gasteiger partial charge in [-0.1, -0.05) is 42.0 Å². The fourth-order valence-corrected chi connectivity index (χ4v) is 3.64. The van der Waals surface area contributed by atoms with E-state index in [0.29, 0.717) is 13.1 Å². The van der Waals surface area contributed by atoms with E-state index < -0.39 is 0 Å². The van der Waals surface area contributed by atoms with Crippen LogP contribution in [0.1, 0.15) is 5.56 Å². The highest BCUT2D eigenvalue weighted by Gasteiger charge is 2.11. The molecule has 1 aliphatic heterocycles. The third-order valence-corrected chi connectivity index (χ3v) is 5.33. The first-order valence-corrected chi connectivity index (χ1v) is 9.92. The van der Waals surface area contributed by atoms with Gasteiger partial charge in [0.2, 0.25) is 5.91 Å². The number of carbonyl (C=O) groups excluding carboxylic acids is 1. The molecule has 5 nitrogen and oxygen atoms in total. The summed E-state index contributed by atoms with van der Waals surface area (Å²) >= 11 is 0. The third-order valence-electron chi connectivity index (χ3n) is 5.33. The highest BCUT2D eigenvalue weighted by molar-refractivity contribution is 5.87. The van der Waals surface area contributed by atoms with Crippen molar-refractivity contribution in [2.75, 3.05) is 39.4 Å². The zero-order valence-corrected chi connectivity index (χ0v) is 16.4. The minimum absolute atomic E-state index is 0.0477. The first-order chi connectivity index (χ1) is 13.7. The van der Waals surface area contributed by atoms with Crippen LogP contribution >= 0.6 is 0 Å². The van der Waals surface area contributed by atoms with Crippen molar-refractivity contribution in [1.29, 1.82) is 0 Å². The lowest BCUT2D eigenvalue weighted by molar-refractivity contribution is -0.121. The Morgan fingerprint density at radius 1 is 1.04 bits per heavy atom. The maximum Gasteiger partial charge on any atom is 0.239 e. The van der Waals surface area contributed by atoms with E-state index in [1.54, 1.807) is 0 Å². The van der Waals surface area contributed by atoms with Gasteiger partial charge in [0.05, 0.1) is 13.2 Å². The maximum absolute atomic E-state index is 12.4. The average Bonchev–Trinajstić information content (AvgIpc) is 3.11. The molecule has 1 aliphatic rings. The second-order valence-corrected chi connectivity index (χ2v) is 7.39. The summed E-state index contributed by atoms with van der Waals surface area (Å²) in [6, 6.07) is 17.0. The molecular weight excluding hydrogens is 350 g/mol. The lowest BCUT2D eigenvalue weighted by Crippen LogP contribution is -2.41. The molecule has 0 aliphatic carbocycles. The summed E-state index contributed by atoms with van der Waals surface area (Å²) in [5, 5.41) is 4.19. The molecule has 0 radical (unpaired) electrons. The number of nitrogens with one attached hydrogen (secondary N) is 1. The normalized spacial score (nSPS) is 15.0. The molecule has 1 amide bonds. The molecule has 0 saturated carbocycles. The lowest BCUT2D eigenvalue weighted by Gasteiger charge is -2.26. The Hall–Kier alpha value is -2.63. The summed E-state index contributed by atoms with van der Waals surface area (Å²) in [7, 11) is 0. The van der Waals surface area contributed by atoms with Crippen molar-refractivity contribution < 1.29 is 9.53 Å². The number of hydrogen-bond donors (Lipinski definition) is 1. The Balaban J connectivity index is 1.41. The lowest BCUT2D eigenvalue weighted by atomic mass is 10.0. The zero-order chi connectivity index (χ0) is 19.3. The second-order valence-electron chi connectivity index (χ2n) is 7.39. The van der Waals surface area contributed by atoms with Crippen LogP contribution in [0.25, 0.3) is 22.0 Å². The molecule has 1 N–H and O–H groups in total. The molecular formula is C23H27N3O2. The first-order valence-electron chi connectivity index (χ1n) is 9.92. The Labute approximate surface area is 165 Å². The molecule has 146 valence electrons. The van der Waals surface area contributed by atoms with E-state index in [1.165, 1.54) is 16.7 Å². The molecule has 1 aromatic heterocycles. The van der Waals surface area contributed by atoms with Crippen LogP contribution in [-0.4, -0.2) is 54.8 Å². The predicted octanol–water partition coefficient (Wildman–Crippen LogP) is 3.07. The molecule has 2 heterocycles. The Bertz CT molecular complexity index is 940. The molecule has 3 aromatic rings. The van der Waals surface area contributed by atoms with Gasteiger partial charge in [0.15, 0.2) is 0 Å². The van der Waals surface area contributed by atoms with Gasteiger partial charge in [-0.25, -0.2) is 0 Å². The molecule has 5 heteroatoms. The van der Waals surface area contributed by atoms with Gasteiger partial charge >= 0.3 is 0 Å². The summed E-state index contributed by atoms with van der Waals surface area (Å²) in [6.07, 6.45) is 1.99. The summed E-state index contributed by atoms with van der Waals surface area (Å²) in [6.45, 7) is 7.44. The monoisotopic (exact) mass is 377 g/mol. The number of morpholine rings is 1. The van der Waals surface area contributed by atoms with Crippen LogP contribution in [0.15, 0.2) is 54.7 Å². The average molecular weight is 377 g/mol. The third kappa shape index (κ3) is 4.43. The van der Waals surface area contributed by atoms with Crippen LogP contribution in [-0.2, 0) is 16.1 Å². The van der Waals surface area contributed by atoms with Gasteiger partial charge in [-0.15, -0.1) is 0 Å². The number of benzene rings is 2. The molecule has 1 saturated heterocycles. The van der Waals surface area contributed by atoms with Crippen molar-refractivity contribution in [2.45, 2.75) is 13.5 Å². The summed E-state index contributed by atoms with van der Waals surface area (Å²) in [5.74, 6) is 0.0477. The highest BCUT2D eigenvalue weighted by Crippen LogP contribution is 2.25. The SMILES string of the molecule is Cc1ccc(-c2ccc3ccn(CC(=O)NCCN4CCOCC4)c3c2)cc1. The van der Waals surface area contributed by atoms with Gasteiger partial charge in [0.25, 0.3) is 0 Å². The topological polar surface area (TPSA) is 46.5 Å². The minimum atomic E-state index is 0.0477. The van der Waals surface area contributed by atoms with Crippen LogP contribution < -0.4 is 5.32 Å². The largest absolute Gasteiger partial charge is 0.379 e. The minimum Gasteiger partial charge on any atom is -0.379 e. The Morgan fingerprint density at radius 2 is 1.79 bits per heavy atom. The standard InChI is InChI=1S/C23H27N3O2/c1-18-2-4-19(5-3-18)21-7-6-20-8-10-26(22(20)16-21)17-23(27)24-9-11-25-12-14-28-15-13-25/h2-8,10,16H,9,11-15,17H2,1H3,(H,24,27). The van der Waals surface area contributed by atoms with Gasteiger partial charge in [-0.05, 0) is 35.6 Å². The van der Waals surface area contributed by atoms with Crippen LogP contribution in [0.2, 0.25) is 0 Å². The highest BCUT2D eigenvalue weighted by atomic mass is 16.5. The van der Waals surface area contributed by atoms with Crippen molar-refractivity contribution in [3.05, 3.63) is 60.3 Å². The summed E-state index contributed by atoms with van der Waals surface area (Å²) in [5.41, 5.74) is 4.69. The van der Waals surface area contributed by atoms with Gasteiger partial charge in [0, 0.05) is 37.9 Å². The van der Waals surface area contributed by atoms with Crippen molar-refractivity contribution >= 4 is 16.8 Å². The van der Waals surface area contributed by atoms with Crippen LogP contribution in [0.5, 0.6) is 0 Å². The van der Waals surface area contributed by atoms with Crippen molar-refractivity contribution in [3.8, 4) is 11.1 Å². The fourth-order valence-electron chi connectivity index (χ4n) is 3.64. The van der Waals surface area contributed by atoms with Gasteiger partial charge in [-0.2, -0.15) is 0 Å². The van der Waals surface area contributed by atoms with Crippen LogP contribution in [0.3, 0.4) is 0 Å². The van der Waals surface area contributed by atoms with E-state index in [0.717, 1.165) is 43.8 Å². The number of aromatic nitrogens is 1. The number of aryl methyl sites for hydroxylation is 1. The zero-order valence-electron chi connectivity index (χ0n) is 16.4. The van der Waals surface area contributed by atoms with E-state index in [1.807, 2.05) is 10.8 Å². The number of fused-ring (bicyclic) bond motifs is 1. The number of ether oxygens (including phenoxy) is 1. The van der Waals surface area contributed by atoms with Gasteiger partial charge in [-0.3, -0.25) is 9.69 Å². The molecule has 0 atom stereocenters. The molecule has 0 unspecified atom stereocenters. The molecule has 0 bridgehead atoms. The number of rotatable bonds is 6. The summed E-state index contributed by atoms with van der Waals surface area (Å²) < 4.78 is 7.38. The number of carbonyl (C=O) groups is 1. The molecule has 28 heavy (non-hydrogen) atoms. The maximum atomic E-state index is 12.4. The fraction of sp³-hybridized carbons (Fsp3) is 0.348. The number of amides is 1. The predicted molar refractivity (Wildman–Crippen MR) is 112 cm³/mol. The Morgan fingerprint density at radius 3 is 2.57 bits per heavy atom. The van der Waals surface area contributed by atoms with Gasteiger partial charge < -0.3 is 14.6 Å². The molecule has 0 spiro atoms. The van der Waals surface area contributed by atoms with E-state index in [4.69, 9.17) is 4.74 Å². The van der Waals surface area contributed by atoms with Crippen LogP contribution in [0.4, 0.5) is 0 Å². The summed E-state index contributed by atoms with van der Waals surface area (Å²) in [4.78, 5) is 14.7. The quantitative estimate of drug-likeness (QED) is 0.718. The molecule has 4 rings (SSSR count). The van der Waals surface area contributed by atoms with E-state index in [-0.39, 0.29) is 5.91 Å². The van der Waals surface area contributed by atoms with Crippen LogP contribution in [0, 0.1) is 6.92 Å². The van der Waals surface area contributed by atoms with Crippen molar-refractivity contribution in [1.82, 2.24) is 14.8 Å². The molecule has 1 fully saturated rings. The number of nitrogens with zero attached hydrogens (tertiary/aromatic N) is 2. The van der Waals surface area contributed by atoms with Crippen molar-refractivity contribution in [2.24, 2.45) is 0 Å². The second kappa shape index (κ2) is 8.59. The van der Waals surface area contributed by atoms with Gasteiger partial charge in [0.1, 0.15) is 6.54 Å². The van der Waals surface area contributed by atoms with E-state index >= 15 is 0 Å². The number of hydrogen-bond acceptors (Lipinski definition) is 3. The van der Waals surface area contributed by atoms with E-state index in [2.05, 4.69) is 65.7 Å². The van der Waals surface area contributed by atoms with E-state index in [9.17, 15) is 4.79 Å². The van der Waals surface area contributed by atoms with Crippen molar-refractivity contribution in [3.63, 3.8) is 0 Å².